The molecule has 1 N–H and O–H groups in total. The second-order valence-corrected chi connectivity index (χ2v) is 7.10. The Labute approximate surface area is 163 Å². The van der Waals surface area contributed by atoms with E-state index in [1.807, 2.05) is 49.4 Å². The summed E-state index contributed by atoms with van der Waals surface area (Å²) in [5, 5.41) is 7.17. The van der Waals surface area contributed by atoms with Gasteiger partial charge in [-0.3, -0.25) is 0 Å². The minimum Gasteiger partial charge on any atom is -0.489 e. The van der Waals surface area contributed by atoms with E-state index in [-0.39, 0.29) is 5.69 Å². The highest BCUT2D eigenvalue weighted by atomic mass is 16.6. The molecule has 0 aliphatic heterocycles. The number of nitrogens with one attached hydrogen (secondary N) is 1. The first kappa shape index (κ1) is 18.2. The van der Waals surface area contributed by atoms with Gasteiger partial charge in [0, 0.05) is 24.1 Å². The fourth-order valence-corrected chi connectivity index (χ4v) is 3.30. The number of benzene rings is 2. The lowest BCUT2D eigenvalue weighted by Crippen LogP contribution is -2.40. The average molecular weight is 380 g/mol. The van der Waals surface area contributed by atoms with Crippen LogP contribution in [0.15, 0.2) is 52.4 Å². The predicted molar refractivity (Wildman–Crippen MR) is 107 cm³/mol. The van der Waals surface area contributed by atoms with Gasteiger partial charge in [0.2, 0.25) is 0 Å². The van der Waals surface area contributed by atoms with Crippen molar-refractivity contribution in [1.29, 1.82) is 0 Å². The molecule has 0 unspecified atom stereocenters. The highest BCUT2D eigenvalue weighted by Crippen LogP contribution is 2.34. The van der Waals surface area contributed by atoms with Crippen molar-refractivity contribution in [2.45, 2.75) is 26.4 Å². The minimum atomic E-state index is -0.0984. The molecule has 0 bridgehead atoms. The Hall–Kier alpha value is -3.22. The van der Waals surface area contributed by atoms with Crippen LogP contribution in [0.2, 0.25) is 0 Å². The number of oxime groups is 1. The summed E-state index contributed by atoms with van der Waals surface area (Å²) in [7, 11) is 3.26. The Morgan fingerprint density at radius 1 is 1.25 bits per heavy atom. The van der Waals surface area contributed by atoms with Crippen LogP contribution in [0.25, 0.3) is 5.69 Å². The average Bonchev–Trinajstić information content (AvgIpc) is 3.54. The monoisotopic (exact) mass is 380 g/mol. The summed E-state index contributed by atoms with van der Waals surface area (Å²) in [6.07, 6.45) is 2.29. The van der Waals surface area contributed by atoms with Crippen LogP contribution in [0, 0.1) is 12.8 Å². The van der Waals surface area contributed by atoms with Crippen LogP contribution >= 0.6 is 0 Å². The number of aromatic amines is 1. The number of hydrogen-bond donors (Lipinski definition) is 1. The number of rotatable bonds is 7. The molecule has 4 rings (SSSR count). The third kappa shape index (κ3) is 3.47. The van der Waals surface area contributed by atoms with E-state index in [0.717, 1.165) is 46.7 Å². The van der Waals surface area contributed by atoms with E-state index in [0.29, 0.717) is 12.5 Å². The van der Waals surface area contributed by atoms with Crippen LogP contribution in [0.1, 0.15) is 29.5 Å². The van der Waals surface area contributed by atoms with Gasteiger partial charge in [0.15, 0.2) is 0 Å². The molecule has 1 fully saturated rings. The highest BCUT2D eigenvalue weighted by Gasteiger charge is 2.29. The van der Waals surface area contributed by atoms with Gasteiger partial charge >= 0.3 is 5.69 Å². The zero-order valence-electron chi connectivity index (χ0n) is 16.3. The van der Waals surface area contributed by atoms with Crippen molar-refractivity contribution in [2.24, 2.45) is 18.1 Å². The lowest BCUT2D eigenvalue weighted by atomic mass is 10.1. The maximum atomic E-state index is 12.1. The van der Waals surface area contributed by atoms with Gasteiger partial charge in [-0.05, 0) is 43.5 Å². The molecule has 146 valence electrons. The van der Waals surface area contributed by atoms with Crippen molar-refractivity contribution in [1.82, 2.24) is 14.6 Å². The van der Waals surface area contributed by atoms with E-state index in [9.17, 15) is 4.79 Å². The number of aromatic nitrogens is 3. The molecule has 2 aromatic carbocycles. The van der Waals surface area contributed by atoms with Crippen molar-refractivity contribution in [2.75, 3.05) is 7.11 Å². The Morgan fingerprint density at radius 3 is 2.71 bits per heavy atom. The van der Waals surface area contributed by atoms with E-state index in [1.54, 1.807) is 14.2 Å². The quantitative estimate of drug-likeness (QED) is 0.505. The summed E-state index contributed by atoms with van der Waals surface area (Å²) in [6, 6.07) is 13.8. The molecule has 1 aromatic heterocycles. The minimum absolute atomic E-state index is 0.0984. The molecule has 1 aliphatic rings. The van der Waals surface area contributed by atoms with E-state index >= 15 is 0 Å². The Morgan fingerprint density at radius 2 is 2.04 bits per heavy atom. The second kappa shape index (κ2) is 7.42. The van der Waals surface area contributed by atoms with Gasteiger partial charge < -0.3 is 9.57 Å². The largest absolute Gasteiger partial charge is 0.489 e. The lowest BCUT2D eigenvalue weighted by molar-refractivity contribution is 0.212. The van der Waals surface area contributed by atoms with Gasteiger partial charge in [-0.15, -0.1) is 0 Å². The molecule has 0 spiro atoms. The summed E-state index contributed by atoms with van der Waals surface area (Å²) < 4.78 is 9.05. The van der Waals surface area contributed by atoms with Gasteiger partial charge in [-0.2, -0.15) is 4.68 Å². The Balaban J connectivity index is 1.58. The van der Waals surface area contributed by atoms with Crippen LogP contribution in [0.4, 0.5) is 0 Å². The van der Waals surface area contributed by atoms with Crippen LogP contribution in [0.5, 0.6) is 5.75 Å². The molecule has 3 aromatic rings. The highest BCUT2D eigenvalue weighted by molar-refractivity contribution is 6.03. The first-order chi connectivity index (χ1) is 13.6. The first-order valence-corrected chi connectivity index (χ1v) is 9.35. The molecule has 1 heterocycles. The van der Waals surface area contributed by atoms with Crippen LogP contribution in [-0.2, 0) is 18.5 Å². The number of H-pyrrole nitrogens is 1. The number of aryl methyl sites for hydroxylation is 2. The lowest BCUT2D eigenvalue weighted by Gasteiger charge is -2.19. The molecular formula is C21H24N4O3. The van der Waals surface area contributed by atoms with Crippen LogP contribution in [-0.4, -0.2) is 27.4 Å². The molecule has 28 heavy (non-hydrogen) atoms. The van der Waals surface area contributed by atoms with E-state index in [1.165, 1.54) is 9.36 Å². The molecule has 7 nitrogen and oxygen atoms in total. The second-order valence-electron chi connectivity index (χ2n) is 7.10. The summed E-state index contributed by atoms with van der Waals surface area (Å²) in [4.78, 5) is 17.1. The predicted octanol–water partition coefficient (Wildman–Crippen LogP) is 3.15. The third-order valence-electron chi connectivity index (χ3n) is 5.02. The normalized spacial score (nSPS) is 14.3. The topological polar surface area (TPSA) is 73.5 Å². The van der Waals surface area contributed by atoms with E-state index in [2.05, 4.69) is 10.4 Å². The third-order valence-corrected chi connectivity index (χ3v) is 5.02. The van der Waals surface area contributed by atoms with Gasteiger partial charge in [0.25, 0.3) is 0 Å². The first-order valence-electron chi connectivity index (χ1n) is 9.35. The number of ether oxygens (including phenoxy) is 1. The molecule has 0 amide bonds. The molecule has 1 aliphatic carbocycles. The summed E-state index contributed by atoms with van der Waals surface area (Å²) in [5.74, 6) is 1.23. The molecule has 0 radical (unpaired) electrons. The fraction of sp³-hybridized carbons (Fsp3) is 0.333. The Bertz CT molecular complexity index is 1070. The van der Waals surface area contributed by atoms with Crippen molar-refractivity contribution in [3.8, 4) is 11.4 Å². The van der Waals surface area contributed by atoms with Crippen molar-refractivity contribution < 1.29 is 9.57 Å². The van der Waals surface area contributed by atoms with Crippen LogP contribution in [0.3, 0.4) is 0 Å². The van der Waals surface area contributed by atoms with Crippen molar-refractivity contribution >= 4 is 5.71 Å². The molecule has 0 atom stereocenters. The zero-order chi connectivity index (χ0) is 19.7. The maximum absolute atomic E-state index is 12.1. The molecule has 1 saturated carbocycles. The Kier molecular flexibility index (Phi) is 4.81. The van der Waals surface area contributed by atoms with Crippen LogP contribution < -0.4 is 10.4 Å². The number of nitrogens with zero attached hydrogens (tertiary/aromatic N) is 3. The summed E-state index contributed by atoms with van der Waals surface area (Å²) in [6.45, 7) is 2.38. The van der Waals surface area contributed by atoms with Gasteiger partial charge in [0.1, 0.15) is 19.5 Å². The smallest absolute Gasteiger partial charge is 0.364 e. The SMILES string of the molecule is CON=C(c1cccc(OCc2c(C)cccc2-n2[nH]n(C)c2=O)c1)C1CC1. The molecule has 0 saturated heterocycles. The standard InChI is InChI=1S/C21H24N4O3/c1-14-6-4-9-19(25-21(26)24(2)23-25)18(14)13-28-17-8-5-7-16(12-17)20(22-27-3)15-10-11-15/h4-9,12,15,23H,10-11,13H2,1-3H3. The number of hydrogen-bond acceptors (Lipinski definition) is 4. The molecule has 7 heteroatoms. The van der Waals surface area contributed by atoms with Crippen molar-refractivity contribution in [3.05, 3.63) is 69.6 Å². The zero-order valence-corrected chi connectivity index (χ0v) is 16.3. The summed E-state index contributed by atoms with van der Waals surface area (Å²) in [5.41, 5.74) is 4.74. The fourth-order valence-electron chi connectivity index (χ4n) is 3.30. The van der Waals surface area contributed by atoms with Gasteiger partial charge in [-0.1, -0.05) is 29.4 Å². The van der Waals surface area contributed by atoms with E-state index in [4.69, 9.17) is 9.57 Å². The van der Waals surface area contributed by atoms with Gasteiger partial charge in [0.05, 0.1) is 11.4 Å². The van der Waals surface area contributed by atoms with E-state index < -0.39 is 0 Å². The van der Waals surface area contributed by atoms with Crippen molar-refractivity contribution in [3.63, 3.8) is 0 Å². The van der Waals surface area contributed by atoms with Gasteiger partial charge in [-0.25, -0.2) is 14.7 Å². The summed E-state index contributed by atoms with van der Waals surface area (Å²) >= 11 is 0. The maximum Gasteiger partial charge on any atom is 0.364 e. The molecular weight excluding hydrogens is 356 g/mol.